The highest BCUT2D eigenvalue weighted by atomic mass is 32.1. The molecule has 26 heavy (non-hydrogen) atoms. The van der Waals surface area contributed by atoms with Crippen molar-refractivity contribution in [2.45, 2.75) is 20.3 Å². The Labute approximate surface area is 156 Å². The topological polar surface area (TPSA) is 71.5 Å². The van der Waals surface area contributed by atoms with Gasteiger partial charge in [-0.3, -0.25) is 4.79 Å². The third-order valence-electron chi connectivity index (χ3n) is 3.83. The molecule has 0 saturated heterocycles. The second-order valence-electron chi connectivity index (χ2n) is 5.76. The van der Waals surface area contributed by atoms with Crippen LogP contribution in [0.25, 0.3) is 11.3 Å². The molecule has 2 aromatic carbocycles. The number of thiazole rings is 1. The molecule has 3 rings (SSSR count). The molecule has 6 heteroatoms. The van der Waals surface area contributed by atoms with Crippen molar-refractivity contribution >= 4 is 28.1 Å². The SMILES string of the molecule is CCOc1ccc(-c2nc(Nc3ccccc3C)sc2CC(=O)O)cc1. The van der Waals surface area contributed by atoms with Crippen molar-refractivity contribution in [2.24, 2.45) is 0 Å². The van der Waals surface area contributed by atoms with E-state index in [4.69, 9.17) is 4.74 Å². The van der Waals surface area contributed by atoms with Crippen LogP contribution >= 0.6 is 11.3 Å². The molecule has 0 atom stereocenters. The van der Waals surface area contributed by atoms with Crippen LogP contribution in [-0.4, -0.2) is 22.7 Å². The first kappa shape index (κ1) is 17.9. The molecule has 0 unspecified atom stereocenters. The molecule has 2 N–H and O–H groups in total. The molecule has 0 spiro atoms. The van der Waals surface area contributed by atoms with Crippen molar-refractivity contribution in [2.75, 3.05) is 11.9 Å². The quantitative estimate of drug-likeness (QED) is 0.621. The first-order valence-corrected chi connectivity index (χ1v) is 9.16. The van der Waals surface area contributed by atoms with E-state index < -0.39 is 5.97 Å². The zero-order chi connectivity index (χ0) is 18.5. The molecule has 0 amide bonds. The fraction of sp³-hybridized carbons (Fsp3) is 0.200. The van der Waals surface area contributed by atoms with Gasteiger partial charge in [0.25, 0.3) is 0 Å². The summed E-state index contributed by atoms with van der Waals surface area (Å²) in [7, 11) is 0. The van der Waals surface area contributed by atoms with Crippen LogP contribution in [-0.2, 0) is 11.2 Å². The van der Waals surface area contributed by atoms with Crippen LogP contribution in [0.5, 0.6) is 5.75 Å². The second kappa shape index (κ2) is 8.01. The number of para-hydroxylation sites is 1. The predicted octanol–water partition coefficient (Wildman–Crippen LogP) is 4.89. The van der Waals surface area contributed by atoms with Gasteiger partial charge in [-0.15, -0.1) is 11.3 Å². The van der Waals surface area contributed by atoms with Crippen molar-refractivity contribution < 1.29 is 14.6 Å². The molecule has 1 heterocycles. The number of aliphatic carboxylic acids is 1. The molecule has 1 aromatic heterocycles. The molecule has 0 radical (unpaired) electrons. The number of hydrogen-bond acceptors (Lipinski definition) is 5. The van der Waals surface area contributed by atoms with Gasteiger partial charge in [0.1, 0.15) is 5.75 Å². The number of aryl methyl sites for hydroxylation is 1. The van der Waals surface area contributed by atoms with Gasteiger partial charge in [-0.1, -0.05) is 18.2 Å². The van der Waals surface area contributed by atoms with E-state index >= 15 is 0 Å². The Bertz CT molecular complexity index is 904. The minimum atomic E-state index is -0.872. The number of aromatic nitrogens is 1. The van der Waals surface area contributed by atoms with Crippen molar-refractivity contribution in [3.05, 3.63) is 59.0 Å². The Kier molecular flexibility index (Phi) is 5.53. The zero-order valence-electron chi connectivity index (χ0n) is 14.7. The van der Waals surface area contributed by atoms with E-state index in [9.17, 15) is 9.90 Å². The number of carboxylic acid groups (broad SMARTS) is 1. The zero-order valence-corrected chi connectivity index (χ0v) is 15.5. The number of anilines is 2. The van der Waals surface area contributed by atoms with Crippen LogP contribution < -0.4 is 10.1 Å². The van der Waals surface area contributed by atoms with Crippen LogP contribution in [0.1, 0.15) is 17.4 Å². The number of ether oxygens (including phenoxy) is 1. The Morgan fingerprint density at radius 3 is 2.58 bits per heavy atom. The highest BCUT2D eigenvalue weighted by Gasteiger charge is 2.16. The lowest BCUT2D eigenvalue weighted by Gasteiger charge is -2.05. The first-order chi connectivity index (χ1) is 12.6. The first-order valence-electron chi connectivity index (χ1n) is 8.34. The minimum absolute atomic E-state index is 0.0599. The van der Waals surface area contributed by atoms with Crippen molar-refractivity contribution in [3.8, 4) is 17.0 Å². The Morgan fingerprint density at radius 1 is 1.19 bits per heavy atom. The summed E-state index contributed by atoms with van der Waals surface area (Å²) < 4.78 is 5.46. The normalized spacial score (nSPS) is 10.5. The third-order valence-corrected chi connectivity index (χ3v) is 4.81. The molecule has 5 nitrogen and oxygen atoms in total. The predicted molar refractivity (Wildman–Crippen MR) is 105 cm³/mol. The Balaban J connectivity index is 1.94. The third kappa shape index (κ3) is 4.21. The van der Waals surface area contributed by atoms with E-state index in [0.29, 0.717) is 17.4 Å². The molecule has 0 aliphatic heterocycles. The van der Waals surface area contributed by atoms with Gasteiger partial charge in [0.15, 0.2) is 5.13 Å². The van der Waals surface area contributed by atoms with Crippen LogP contribution in [0.15, 0.2) is 48.5 Å². The molecule has 0 aliphatic rings. The molecule has 3 aromatic rings. The lowest BCUT2D eigenvalue weighted by Crippen LogP contribution is -1.99. The van der Waals surface area contributed by atoms with Crippen molar-refractivity contribution in [1.82, 2.24) is 4.98 Å². The number of benzene rings is 2. The van der Waals surface area contributed by atoms with Gasteiger partial charge in [-0.2, -0.15) is 0 Å². The monoisotopic (exact) mass is 368 g/mol. The molecule has 0 fully saturated rings. The number of rotatable bonds is 7. The molecular weight excluding hydrogens is 348 g/mol. The van der Waals surface area contributed by atoms with Gasteiger partial charge < -0.3 is 15.2 Å². The van der Waals surface area contributed by atoms with E-state index in [1.165, 1.54) is 11.3 Å². The summed E-state index contributed by atoms with van der Waals surface area (Å²) in [6, 6.07) is 15.5. The lowest BCUT2D eigenvalue weighted by atomic mass is 10.1. The minimum Gasteiger partial charge on any atom is -0.494 e. The van der Waals surface area contributed by atoms with E-state index in [1.807, 2.05) is 62.4 Å². The van der Waals surface area contributed by atoms with Gasteiger partial charge in [0.2, 0.25) is 0 Å². The van der Waals surface area contributed by atoms with E-state index in [2.05, 4.69) is 10.3 Å². The van der Waals surface area contributed by atoms with Gasteiger partial charge in [-0.25, -0.2) is 4.98 Å². The standard InChI is InChI=1S/C20H20N2O3S/c1-3-25-15-10-8-14(9-11-15)19-17(12-18(23)24)26-20(22-19)21-16-7-5-4-6-13(16)2/h4-11H,3,12H2,1-2H3,(H,21,22)(H,23,24). The Morgan fingerprint density at radius 2 is 1.92 bits per heavy atom. The highest BCUT2D eigenvalue weighted by molar-refractivity contribution is 7.16. The summed E-state index contributed by atoms with van der Waals surface area (Å²) in [5.41, 5.74) is 3.63. The number of nitrogens with zero attached hydrogens (tertiary/aromatic N) is 1. The summed E-state index contributed by atoms with van der Waals surface area (Å²) >= 11 is 1.37. The van der Waals surface area contributed by atoms with E-state index in [1.54, 1.807) is 0 Å². The average Bonchev–Trinajstić information content (AvgIpc) is 2.99. The lowest BCUT2D eigenvalue weighted by molar-refractivity contribution is -0.136. The summed E-state index contributed by atoms with van der Waals surface area (Å²) in [5.74, 6) is -0.0900. The van der Waals surface area contributed by atoms with Crippen LogP contribution in [0.3, 0.4) is 0 Å². The van der Waals surface area contributed by atoms with Gasteiger partial charge in [0.05, 0.1) is 18.7 Å². The second-order valence-corrected chi connectivity index (χ2v) is 6.84. The molecule has 0 aliphatic carbocycles. The number of nitrogens with one attached hydrogen (secondary N) is 1. The summed E-state index contributed by atoms with van der Waals surface area (Å²) in [5, 5.41) is 13.2. The van der Waals surface area contributed by atoms with E-state index in [-0.39, 0.29) is 6.42 Å². The molecule has 134 valence electrons. The van der Waals surface area contributed by atoms with Gasteiger partial charge >= 0.3 is 5.97 Å². The van der Waals surface area contributed by atoms with E-state index in [0.717, 1.165) is 27.4 Å². The van der Waals surface area contributed by atoms with Crippen LogP contribution in [0.4, 0.5) is 10.8 Å². The van der Waals surface area contributed by atoms with Crippen LogP contribution in [0.2, 0.25) is 0 Å². The summed E-state index contributed by atoms with van der Waals surface area (Å²) in [6.07, 6.45) is -0.0599. The van der Waals surface area contributed by atoms with Crippen LogP contribution in [0, 0.1) is 6.92 Å². The molecular formula is C20H20N2O3S. The van der Waals surface area contributed by atoms with Crippen molar-refractivity contribution in [3.63, 3.8) is 0 Å². The van der Waals surface area contributed by atoms with Gasteiger partial charge in [0, 0.05) is 16.1 Å². The maximum atomic E-state index is 11.3. The van der Waals surface area contributed by atoms with Crippen molar-refractivity contribution in [1.29, 1.82) is 0 Å². The molecule has 0 saturated carbocycles. The maximum Gasteiger partial charge on any atom is 0.308 e. The smallest absolute Gasteiger partial charge is 0.308 e. The molecule has 0 bridgehead atoms. The van der Waals surface area contributed by atoms with Gasteiger partial charge in [-0.05, 0) is 49.7 Å². The summed E-state index contributed by atoms with van der Waals surface area (Å²) in [4.78, 5) is 16.6. The fourth-order valence-electron chi connectivity index (χ4n) is 2.59. The Hall–Kier alpha value is -2.86. The largest absolute Gasteiger partial charge is 0.494 e. The number of carboxylic acids is 1. The summed E-state index contributed by atoms with van der Waals surface area (Å²) in [6.45, 7) is 4.55. The fourth-order valence-corrected chi connectivity index (χ4v) is 3.58. The maximum absolute atomic E-state index is 11.3. The average molecular weight is 368 g/mol. The number of hydrogen-bond donors (Lipinski definition) is 2. The highest BCUT2D eigenvalue weighted by Crippen LogP contribution is 2.34. The number of carbonyl (C=O) groups is 1.